The Morgan fingerprint density at radius 3 is 2.47 bits per heavy atom. The Bertz CT molecular complexity index is 500. The molecule has 0 fully saturated rings. The molecule has 6 nitrogen and oxygen atoms in total. The van der Waals surface area contributed by atoms with E-state index in [-0.39, 0.29) is 5.69 Å². The molecule has 0 unspecified atom stereocenters. The highest BCUT2D eigenvalue weighted by molar-refractivity contribution is 7.90. The van der Waals surface area contributed by atoms with E-state index in [0.29, 0.717) is 0 Å². The van der Waals surface area contributed by atoms with E-state index in [0.717, 1.165) is 12.1 Å². The number of rotatable bonds is 2. The van der Waals surface area contributed by atoms with Gasteiger partial charge in [-0.3, -0.25) is 0 Å². The van der Waals surface area contributed by atoms with E-state index in [1.54, 1.807) is 0 Å². The summed E-state index contributed by atoms with van der Waals surface area (Å²) in [7, 11) is -4.26. The first-order valence-electron chi connectivity index (χ1n) is 3.70. The van der Waals surface area contributed by atoms with E-state index < -0.39 is 26.8 Å². The lowest BCUT2D eigenvalue weighted by Gasteiger charge is -2.05. The van der Waals surface area contributed by atoms with Crippen LogP contribution in [0.1, 0.15) is 0 Å². The number of hydrogen-bond donors (Lipinski definition) is 3. The zero-order chi connectivity index (χ0) is 11.6. The minimum Gasteiger partial charge on any atom is -0.399 e. The van der Waals surface area contributed by atoms with E-state index in [9.17, 15) is 17.6 Å². The van der Waals surface area contributed by atoms with Gasteiger partial charge in [-0.25, -0.2) is 22.3 Å². The molecule has 15 heavy (non-hydrogen) atoms. The number of sulfonamides is 1. The van der Waals surface area contributed by atoms with Crippen LogP contribution in [0.15, 0.2) is 23.1 Å². The van der Waals surface area contributed by atoms with E-state index in [4.69, 9.17) is 5.73 Å². The van der Waals surface area contributed by atoms with Gasteiger partial charge in [-0.05, 0) is 18.2 Å². The number of anilines is 1. The average Bonchev–Trinajstić information content (AvgIpc) is 1.99. The van der Waals surface area contributed by atoms with Gasteiger partial charge in [-0.1, -0.05) is 0 Å². The minimum atomic E-state index is -4.26. The molecule has 0 heterocycles. The zero-order valence-corrected chi connectivity index (χ0v) is 8.21. The largest absolute Gasteiger partial charge is 0.399 e. The number of halogens is 1. The summed E-state index contributed by atoms with van der Waals surface area (Å²) in [5, 5.41) is 0. The summed E-state index contributed by atoms with van der Waals surface area (Å²) < 4.78 is 37.1. The van der Waals surface area contributed by atoms with Crippen molar-refractivity contribution >= 4 is 21.7 Å². The summed E-state index contributed by atoms with van der Waals surface area (Å²) >= 11 is 0. The molecule has 0 radical (unpaired) electrons. The van der Waals surface area contributed by atoms with Crippen LogP contribution in [0.25, 0.3) is 0 Å². The molecule has 1 rings (SSSR count). The quantitative estimate of drug-likeness (QED) is 0.611. The lowest BCUT2D eigenvalue weighted by molar-refractivity contribution is 0.253. The Hall–Kier alpha value is -1.83. The molecule has 1 aromatic rings. The maximum atomic E-state index is 13.1. The van der Waals surface area contributed by atoms with Crippen molar-refractivity contribution in [2.24, 2.45) is 5.73 Å². The molecule has 0 saturated heterocycles. The minimum absolute atomic E-state index is 0.0746. The SMILES string of the molecule is NC(=O)NS(=O)(=O)c1ccc(N)cc1F. The van der Waals surface area contributed by atoms with Gasteiger partial charge < -0.3 is 11.5 Å². The van der Waals surface area contributed by atoms with Gasteiger partial charge in [0, 0.05) is 5.69 Å². The monoisotopic (exact) mass is 233 g/mol. The van der Waals surface area contributed by atoms with Gasteiger partial charge in [0.15, 0.2) is 0 Å². The molecule has 0 bridgehead atoms. The smallest absolute Gasteiger partial charge is 0.326 e. The van der Waals surface area contributed by atoms with E-state index in [1.807, 2.05) is 0 Å². The normalized spacial score (nSPS) is 11.0. The van der Waals surface area contributed by atoms with Crippen molar-refractivity contribution in [2.45, 2.75) is 4.90 Å². The van der Waals surface area contributed by atoms with E-state index in [1.165, 1.54) is 10.8 Å². The topological polar surface area (TPSA) is 115 Å². The van der Waals surface area contributed by atoms with Gasteiger partial charge >= 0.3 is 6.03 Å². The van der Waals surface area contributed by atoms with Gasteiger partial charge in [0.1, 0.15) is 10.7 Å². The fourth-order valence-electron chi connectivity index (χ4n) is 0.922. The molecule has 0 spiro atoms. The van der Waals surface area contributed by atoms with E-state index in [2.05, 4.69) is 5.73 Å². The van der Waals surface area contributed by atoms with Crippen LogP contribution in [0.4, 0.5) is 14.9 Å². The number of nitrogens with one attached hydrogen (secondary N) is 1. The third kappa shape index (κ3) is 2.56. The van der Waals surface area contributed by atoms with Crippen molar-refractivity contribution in [3.05, 3.63) is 24.0 Å². The van der Waals surface area contributed by atoms with Crippen LogP contribution < -0.4 is 16.2 Å². The van der Waals surface area contributed by atoms with Crippen molar-refractivity contribution in [1.82, 2.24) is 4.72 Å². The summed E-state index contributed by atoms with van der Waals surface area (Å²) in [4.78, 5) is 9.67. The predicted molar refractivity (Wildman–Crippen MR) is 50.7 cm³/mol. The standard InChI is InChI=1S/C7H8FN3O3S/c8-5-3-4(9)1-2-6(5)15(13,14)11-7(10)12/h1-3H,9H2,(H3,10,11,12). The molecule has 0 aliphatic carbocycles. The molecule has 0 atom stereocenters. The number of benzene rings is 1. The van der Waals surface area contributed by atoms with Crippen molar-refractivity contribution in [3.8, 4) is 0 Å². The highest BCUT2D eigenvalue weighted by Gasteiger charge is 2.20. The van der Waals surface area contributed by atoms with Gasteiger partial charge in [-0.15, -0.1) is 0 Å². The zero-order valence-electron chi connectivity index (χ0n) is 7.40. The molecule has 8 heteroatoms. The van der Waals surface area contributed by atoms with Crippen LogP contribution in [0, 0.1) is 5.82 Å². The Balaban J connectivity index is 3.22. The third-order valence-corrected chi connectivity index (χ3v) is 2.86. The maximum absolute atomic E-state index is 13.1. The second-order valence-electron chi connectivity index (χ2n) is 2.66. The van der Waals surface area contributed by atoms with Crippen LogP contribution in [0.5, 0.6) is 0 Å². The highest BCUT2D eigenvalue weighted by Crippen LogP contribution is 2.16. The summed E-state index contributed by atoms with van der Waals surface area (Å²) in [5.74, 6) is -1.05. The third-order valence-electron chi connectivity index (χ3n) is 1.48. The first-order chi connectivity index (χ1) is 6.83. The number of carbonyl (C=O) groups is 1. The van der Waals surface area contributed by atoms with Gasteiger partial charge in [0.25, 0.3) is 10.0 Å². The molecule has 0 aliphatic rings. The summed E-state index contributed by atoms with van der Waals surface area (Å²) in [6, 6.07) is 1.68. The lowest BCUT2D eigenvalue weighted by Crippen LogP contribution is -2.35. The Labute approximate surface area is 85.1 Å². The van der Waals surface area contributed by atoms with Crippen LogP contribution in [-0.4, -0.2) is 14.4 Å². The Morgan fingerprint density at radius 2 is 2.00 bits per heavy atom. The lowest BCUT2D eigenvalue weighted by atomic mass is 10.3. The fourth-order valence-corrected chi connectivity index (χ4v) is 1.86. The van der Waals surface area contributed by atoms with Gasteiger partial charge in [0.05, 0.1) is 0 Å². The molecule has 0 saturated carbocycles. The Morgan fingerprint density at radius 1 is 1.40 bits per heavy atom. The van der Waals surface area contributed by atoms with Crippen LogP contribution in [0.3, 0.4) is 0 Å². The first-order valence-corrected chi connectivity index (χ1v) is 5.18. The Kier molecular flexibility index (Phi) is 2.80. The fraction of sp³-hybridized carbons (Fsp3) is 0. The number of hydrogen-bond acceptors (Lipinski definition) is 4. The first kappa shape index (κ1) is 11.2. The second-order valence-corrected chi connectivity index (χ2v) is 4.31. The number of urea groups is 1. The number of amides is 2. The predicted octanol–water partition coefficient (Wildman–Crippen LogP) is -0.235. The molecule has 0 aromatic heterocycles. The molecule has 0 aliphatic heterocycles. The molecular weight excluding hydrogens is 225 g/mol. The van der Waals surface area contributed by atoms with Crippen LogP contribution in [-0.2, 0) is 10.0 Å². The molecule has 2 amide bonds. The van der Waals surface area contributed by atoms with Crippen LogP contribution in [0.2, 0.25) is 0 Å². The number of nitrogens with two attached hydrogens (primary N) is 2. The summed E-state index contributed by atoms with van der Waals surface area (Å²) in [6.45, 7) is 0. The van der Waals surface area contributed by atoms with Crippen molar-refractivity contribution in [1.29, 1.82) is 0 Å². The van der Waals surface area contributed by atoms with Crippen molar-refractivity contribution in [2.75, 3.05) is 5.73 Å². The molecule has 1 aromatic carbocycles. The molecule has 82 valence electrons. The number of nitrogen functional groups attached to an aromatic ring is 1. The highest BCUT2D eigenvalue weighted by atomic mass is 32.2. The second kappa shape index (κ2) is 3.73. The number of carbonyl (C=O) groups excluding carboxylic acids is 1. The number of primary amides is 1. The summed E-state index contributed by atoms with van der Waals surface area (Å²) in [5.41, 5.74) is 9.92. The van der Waals surface area contributed by atoms with Crippen molar-refractivity contribution in [3.63, 3.8) is 0 Å². The molecule has 5 N–H and O–H groups in total. The summed E-state index contributed by atoms with van der Waals surface area (Å²) in [6.07, 6.45) is 0. The van der Waals surface area contributed by atoms with Crippen LogP contribution >= 0.6 is 0 Å². The average molecular weight is 233 g/mol. The van der Waals surface area contributed by atoms with E-state index >= 15 is 0 Å². The van der Waals surface area contributed by atoms with Crippen molar-refractivity contribution < 1.29 is 17.6 Å². The van der Waals surface area contributed by atoms with Gasteiger partial charge in [-0.2, -0.15) is 0 Å². The van der Waals surface area contributed by atoms with Gasteiger partial charge in [0.2, 0.25) is 0 Å². The molecular formula is C7H8FN3O3S. The maximum Gasteiger partial charge on any atom is 0.326 e.